The lowest BCUT2D eigenvalue weighted by Gasteiger charge is -2.21. The molecule has 3 aromatic rings. The van der Waals surface area contributed by atoms with Gasteiger partial charge in [0, 0.05) is 25.2 Å². The van der Waals surface area contributed by atoms with Crippen molar-refractivity contribution in [3.63, 3.8) is 0 Å². The number of amides is 1. The number of hydrogen-bond acceptors (Lipinski definition) is 6. The Hall–Kier alpha value is -3.76. The van der Waals surface area contributed by atoms with E-state index in [-0.39, 0.29) is 47.3 Å². The Morgan fingerprint density at radius 2 is 1.73 bits per heavy atom. The number of benzene rings is 2. The molecule has 2 heterocycles. The van der Waals surface area contributed by atoms with E-state index in [1.807, 2.05) is 27.7 Å². The number of carbonyl (C=O) groups is 1. The topological polar surface area (TPSA) is 90.8 Å². The third-order valence-corrected chi connectivity index (χ3v) is 6.00. The van der Waals surface area contributed by atoms with Gasteiger partial charge in [0.05, 0.1) is 12.3 Å². The summed E-state index contributed by atoms with van der Waals surface area (Å²) in [6.07, 6.45) is -0.396. The smallest absolute Gasteiger partial charge is 0.258 e. The molecule has 224 valence electrons. The van der Waals surface area contributed by atoms with Crippen LogP contribution in [0.4, 0.5) is 20.3 Å². The maximum Gasteiger partial charge on any atom is 0.258 e. The minimum Gasteiger partial charge on any atom is -0.456 e. The number of nitrogens with zero attached hydrogens (tertiary/aromatic N) is 1. The summed E-state index contributed by atoms with van der Waals surface area (Å²) in [5.74, 6) is -2.44. The normalized spacial score (nSPS) is 15.1. The Morgan fingerprint density at radius 3 is 2.34 bits per heavy atom. The highest BCUT2D eigenvalue weighted by Crippen LogP contribution is 2.33. The second-order valence-electron chi connectivity index (χ2n) is 9.36. The maximum absolute atomic E-state index is 14.7. The molecule has 1 fully saturated rings. The lowest BCUT2D eigenvalue weighted by atomic mass is 10.1. The summed E-state index contributed by atoms with van der Waals surface area (Å²) in [6, 6.07) is 9.92. The van der Waals surface area contributed by atoms with Gasteiger partial charge in [0.2, 0.25) is 0 Å². The highest BCUT2D eigenvalue weighted by molar-refractivity contribution is 6.02. The van der Waals surface area contributed by atoms with E-state index in [0.29, 0.717) is 5.56 Å². The summed E-state index contributed by atoms with van der Waals surface area (Å²) in [6.45, 7) is 15.2. The molecule has 1 saturated heterocycles. The number of hydrogen-bond donors (Lipinski definition) is 2. The first-order chi connectivity index (χ1) is 19.4. The molecule has 2 aromatic carbocycles. The Labute approximate surface area is 240 Å². The number of carbonyl (C=O) groups excluding carboxylic acids is 1. The molecular weight excluding hydrogens is 532 g/mol. The summed E-state index contributed by atoms with van der Waals surface area (Å²) < 4.78 is 47.3. The second kappa shape index (κ2) is 14.7. The van der Waals surface area contributed by atoms with Crippen LogP contribution in [0.15, 0.2) is 47.3 Å². The maximum atomic E-state index is 14.7. The molecule has 1 aliphatic heterocycles. The first-order valence-electron chi connectivity index (χ1n) is 13.8. The first kappa shape index (κ1) is 33.4. The minimum atomic E-state index is -0.773. The van der Waals surface area contributed by atoms with Crippen molar-refractivity contribution in [2.45, 2.75) is 67.3 Å². The zero-order chi connectivity index (χ0) is 30.9. The van der Waals surface area contributed by atoms with Gasteiger partial charge in [0.15, 0.2) is 5.79 Å². The quantitative estimate of drug-likeness (QED) is 0.325. The van der Waals surface area contributed by atoms with Gasteiger partial charge in [-0.05, 0) is 57.5 Å². The molecule has 1 atom stereocenters. The van der Waals surface area contributed by atoms with Gasteiger partial charge in [0.25, 0.3) is 11.5 Å². The van der Waals surface area contributed by atoms with Crippen LogP contribution in [0.25, 0.3) is 0 Å². The van der Waals surface area contributed by atoms with E-state index in [1.165, 1.54) is 48.9 Å². The first-order valence-corrected chi connectivity index (χ1v) is 13.8. The summed E-state index contributed by atoms with van der Waals surface area (Å²) >= 11 is 0. The molecule has 4 rings (SSSR count). The van der Waals surface area contributed by atoms with Crippen molar-refractivity contribution < 1.29 is 27.8 Å². The molecule has 41 heavy (non-hydrogen) atoms. The monoisotopic (exact) mass is 573 g/mol. The fourth-order valence-electron chi connectivity index (χ4n) is 3.95. The van der Waals surface area contributed by atoms with Crippen molar-refractivity contribution in [3.05, 3.63) is 81.1 Å². The Morgan fingerprint density at radius 1 is 1.05 bits per heavy atom. The molecule has 8 nitrogen and oxygen atoms in total. The van der Waals surface area contributed by atoms with Crippen LogP contribution in [-0.4, -0.2) is 35.5 Å². The van der Waals surface area contributed by atoms with Crippen molar-refractivity contribution in [1.29, 1.82) is 0 Å². The van der Waals surface area contributed by atoms with Gasteiger partial charge in [-0.15, -0.1) is 0 Å². The van der Waals surface area contributed by atoms with E-state index in [4.69, 9.17) is 14.2 Å². The summed E-state index contributed by atoms with van der Waals surface area (Å²) in [5.41, 5.74) is 0.375. The van der Waals surface area contributed by atoms with E-state index in [2.05, 4.69) is 10.6 Å². The molecule has 1 aromatic heterocycles. The van der Waals surface area contributed by atoms with Crippen LogP contribution in [-0.2, 0) is 16.5 Å². The van der Waals surface area contributed by atoms with Crippen molar-refractivity contribution in [3.8, 4) is 11.5 Å². The third kappa shape index (κ3) is 8.37. The highest BCUT2D eigenvalue weighted by Gasteiger charge is 2.33. The van der Waals surface area contributed by atoms with E-state index >= 15 is 0 Å². The van der Waals surface area contributed by atoms with Crippen LogP contribution in [0.5, 0.6) is 11.5 Å². The largest absolute Gasteiger partial charge is 0.456 e. The molecular formula is C31H41F2N3O5. The van der Waals surface area contributed by atoms with Gasteiger partial charge in [-0.25, -0.2) is 8.78 Å². The van der Waals surface area contributed by atoms with Gasteiger partial charge in [-0.3, -0.25) is 14.2 Å². The van der Waals surface area contributed by atoms with Crippen molar-refractivity contribution >= 4 is 17.4 Å². The SMILES string of the molecule is CC.CC.Cc1ccc(Nc2c(C(=O)NCC3COC(C)(C)O3)c(Oc3cccc(F)c3C)cc(=O)n2C)c(F)c1. The van der Waals surface area contributed by atoms with Crippen molar-refractivity contribution in [1.82, 2.24) is 9.88 Å². The molecule has 0 bridgehead atoms. The molecule has 0 aliphatic carbocycles. The van der Waals surface area contributed by atoms with Gasteiger partial charge in [-0.1, -0.05) is 39.8 Å². The summed E-state index contributed by atoms with van der Waals surface area (Å²) in [5, 5.41) is 5.65. The summed E-state index contributed by atoms with van der Waals surface area (Å²) in [7, 11) is 1.45. The molecule has 10 heteroatoms. The van der Waals surface area contributed by atoms with E-state index in [9.17, 15) is 18.4 Å². The van der Waals surface area contributed by atoms with Gasteiger partial charge < -0.3 is 24.8 Å². The average molecular weight is 574 g/mol. The molecule has 0 saturated carbocycles. The number of aryl methyl sites for hydroxylation is 1. The molecule has 2 N–H and O–H groups in total. The number of nitrogens with one attached hydrogen (secondary N) is 2. The van der Waals surface area contributed by atoms with Crippen LogP contribution in [0.3, 0.4) is 0 Å². The predicted octanol–water partition coefficient (Wildman–Crippen LogP) is 6.75. The van der Waals surface area contributed by atoms with Crippen LogP contribution < -0.4 is 20.9 Å². The number of pyridine rings is 1. The van der Waals surface area contributed by atoms with E-state index in [1.54, 1.807) is 26.8 Å². The average Bonchev–Trinajstić information content (AvgIpc) is 3.30. The summed E-state index contributed by atoms with van der Waals surface area (Å²) in [4.78, 5) is 26.4. The standard InChI is InChI=1S/C27H29F2N3O5.2C2H6/c1-15-9-10-20(19(29)11-15)31-25-24(26(34)30-13-17-14-35-27(3,4)37-17)22(12-23(33)32(25)5)36-21-8-6-7-18(28)16(21)2;2*1-2/h6-12,17,31H,13-14H2,1-5H3,(H,30,34);2*1-2H3. The molecule has 0 radical (unpaired) electrons. The van der Waals surface area contributed by atoms with Gasteiger partial charge in [-0.2, -0.15) is 0 Å². The Bertz CT molecular complexity index is 1410. The number of aromatic nitrogens is 1. The fraction of sp³-hybridized carbons (Fsp3) is 0.419. The van der Waals surface area contributed by atoms with Crippen LogP contribution >= 0.6 is 0 Å². The van der Waals surface area contributed by atoms with E-state index < -0.39 is 35.0 Å². The molecule has 1 aliphatic rings. The Kier molecular flexibility index (Phi) is 12.0. The van der Waals surface area contributed by atoms with Crippen molar-refractivity contribution in [2.75, 3.05) is 18.5 Å². The lowest BCUT2D eigenvalue weighted by molar-refractivity contribution is -0.137. The fourth-order valence-corrected chi connectivity index (χ4v) is 3.95. The number of rotatable bonds is 7. The van der Waals surface area contributed by atoms with Crippen LogP contribution in [0, 0.1) is 25.5 Å². The Balaban J connectivity index is 0.00000141. The zero-order valence-electron chi connectivity index (χ0n) is 25.3. The predicted molar refractivity (Wildman–Crippen MR) is 157 cm³/mol. The highest BCUT2D eigenvalue weighted by atomic mass is 19.1. The van der Waals surface area contributed by atoms with Crippen molar-refractivity contribution in [2.24, 2.45) is 7.05 Å². The minimum absolute atomic E-state index is 0.000675. The van der Waals surface area contributed by atoms with Crippen LogP contribution in [0.2, 0.25) is 0 Å². The molecule has 1 unspecified atom stereocenters. The third-order valence-electron chi connectivity index (χ3n) is 6.00. The van der Waals surface area contributed by atoms with Gasteiger partial charge in [0.1, 0.15) is 40.6 Å². The second-order valence-corrected chi connectivity index (χ2v) is 9.36. The lowest BCUT2D eigenvalue weighted by Crippen LogP contribution is -2.36. The molecule has 0 spiro atoms. The van der Waals surface area contributed by atoms with Crippen LogP contribution in [0.1, 0.15) is 63.0 Å². The number of anilines is 2. The zero-order valence-corrected chi connectivity index (χ0v) is 25.3. The number of halogens is 2. The van der Waals surface area contributed by atoms with Gasteiger partial charge >= 0.3 is 0 Å². The molecule has 1 amide bonds. The van der Waals surface area contributed by atoms with E-state index in [0.717, 1.165) is 6.07 Å². The number of ether oxygens (including phenoxy) is 3.